The first-order valence-corrected chi connectivity index (χ1v) is 8.86. The first kappa shape index (κ1) is 16.8. The minimum atomic E-state index is -0.445. The summed E-state index contributed by atoms with van der Waals surface area (Å²) in [4.78, 5) is 25.9. The normalized spacial score (nSPS) is 25.4. The molecule has 1 saturated heterocycles. The summed E-state index contributed by atoms with van der Waals surface area (Å²) in [6, 6.07) is 10.5. The number of carbonyl (C=O) groups excluding carboxylic acids is 2. The van der Waals surface area contributed by atoms with E-state index in [1.54, 1.807) is 0 Å². The van der Waals surface area contributed by atoms with E-state index in [1.807, 2.05) is 6.07 Å². The van der Waals surface area contributed by atoms with Gasteiger partial charge in [0.2, 0.25) is 5.91 Å². The summed E-state index contributed by atoms with van der Waals surface area (Å²) >= 11 is 0. The van der Waals surface area contributed by atoms with Gasteiger partial charge in [0, 0.05) is 25.4 Å². The summed E-state index contributed by atoms with van der Waals surface area (Å²) in [5.41, 5.74) is 1.19. The van der Waals surface area contributed by atoms with Crippen LogP contribution in [0.3, 0.4) is 0 Å². The van der Waals surface area contributed by atoms with Crippen molar-refractivity contribution >= 4 is 12.0 Å². The number of alkyl carbamates (subject to hydrolysis) is 1. The highest BCUT2D eigenvalue weighted by Crippen LogP contribution is 2.53. The van der Waals surface area contributed by atoms with Crippen LogP contribution in [0, 0.1) is 5.92 Å². The van der Waals surface area contributed by atoms with Gasteiger partial charge in [-0.2, -0.15) is 0 Å². The van der Waals surface area contributed by atoms with E-state index < -0.39 is 6.09 Å². The summed E-state index contributed by atoms with van der Waals surface area (Å²) < 4.78 is 4.54. The lowest BCUT2D eigenvalue weighted by Crippen LogP contribution is -2.67. The van der Waals surface area contributed by atoms with Crippen molar-refractivity contribution in [2.24, 2.45) is 5.92 Å². The largest absolute Gasteiger partial charge is 0.453 e. The lowest BCUT2D eigenvalue weighted by Gasteiger charge is -2.61. The molecule has 5 nitrogen and oxygen atoms in total. The molecule has 130 valence electrons. The second kappa shape index (κ2) is 7.24. The van der Waals surface area contributed by atoms with Crippen LogP contribution in [0.1, 0.15) is 44.1 Å². The van der Waals surface area contributed by atoms with E-state index in [0.717, 1.165) is 13.0 Å². The van der Waals surface area contributed by atoms with Gasteiger partial charge in [0.1, 0.15) is 0 Å². The molecule has 2 fully saturated rings. The standard InChI is InChI=1S/C19H26N2O3/c1-24-18(23)20-13-7-11-17(22)21-14-16-10-5-6-12-19(16,21)15-8-3-2-4-9-15/h2-4,8-9,16H,5-7,10-14H2,1H3,(H,20,23)/t16-,19+/m0/s1. The summed E-state index contributed by atoms with van der Waals surface area (Å²) in [5, 5.41) is 2.63. The molecule has 2 atom stereocenters. The van der Waals surface area contributed by atoms with Crippen molar-refractivity contribution in [3.05, 3.63) is 35.9 Å². The maximum atomic E-state index is 12.8. The predicted molar refractivity (Wildman–Crippen MR) is 91.4 cm³/mol. The Morgan fingerprint density at radius 3 is 2.79 bits per heavy atom. The molecule has 1 saturated carbocycles. The molecule has 0 spiro atoms. The monoisotopic (exact) mass is 330 g/mol. The van der Waals surface area contributed by atoms with E-state index in [9.17, 15) is 9.59 Å². The lowest BCUT2D eigenvalue weighted by molar-refractivity contribution is -0.166. The van der Waals surface area contributed by atoms with E-state index >= 15 is 0 Å². The molecule has 1 aromatic carbocycles. The Balaban J connectivity index is 1.64. The molecular weight excluding hydrogens is 304 g/mol. The first-order valence-electron chi connectivity index (χ1n) is 8.86. The molecule has 2 amide bonds. The number of hydrogen-bond donors (Lipinski definition) is 1. The van der Waals surface area contributed by atoms with Gasteiger partial charge in [-0.25, -0.2) is 4.79 Å². The molecular formula is C19H26N2O3. The van der Waals surface area contributed by atoms with Crippen LogP contribution >= 0.6 is 0 Å². The Morgan fingerprint density at radius 2 is 2.08 bits per heavy atom. The number of carbonyl (C=O) groups is 2. The van der Waals surface area contributed by atoms with Crippen molar-refractivity contribution in [1.29, 1.82) is 0 Å². The highest BCUT2D eigenvalue weighted by Gasteiger charge is 2.56. The molecule has 0 unspecified atom stereocenters. The van der Waals surface area contributed by atoms with Gasteiger partial charge in [0.05, 0.1) is 12.6 Å². The lowest BCUT2D eigenvalue weighted by atomic mass is 9.61. The van der Waals surface area contributed by atoms with E-state index in [1.165, 1.54) is 31.9 Å². The van der Waals surface area contributed by atoms with Crippen molar-refractivity contribution in [1.82, 2.24) is 10.2 Å². The highest BCUT2D eigenvalue weighted by atomic mass is 16.5. The Hall–Kier alpha value is -2.04. The summed E-state index contributed by atoms with van der Waals surface area (Å²) in [7, 11) is 1.34. The Kier molecular flexibility index (Phi) is 5.07. The number of benzene rings is 1. The van der Waals surface area contributed by atoms with Crippen molar-refractivity contribution in [3.63, 3.8) is 0 Å². The molecule has 1 N–H and O–H groups in total. The Labute approximate surface area is 143 Å². The summed E-state index contributed by atoms with van der Waals surface area (Å²) in [6.45, 7) is 1.34. The molecule has 0 radical (unpaired) electrons. The number of rotatable bonds is 5. The number of nitrogens with zero attached hydrogens (tertiary/aromatic N) is 1. The van der Waals surface area contributed by atoms with Crippen LogP contribution in [0.25, 0.3) is 0 Å². The minimum Gasteiger partial charge on any atom is -0.453 e. The molecule has 1 aromatic rings. The minimum absolute atomic E-state index is 0.0909. The maximum absolute atomic E-state index is 12.8. The Morgan fingerprint density at radius 1 is 1.29 bits per heavy atom. The van der Waals surface area contributed by atoms with E-state index in [-0.39, 0.29) is 11.4 Å². The fourth-order valence-corrected chi connectivity index (χ4v) is 4.32. The fraction of sp³-hybridized carbons (Fsp3) is 0.579. The maximum Gasteiger partial charge on any atom is 0.406 e. The average Bonchev–Trinajstić information content (AvgIpc) is 2.60. The first-order chi connectivity index (χ1) is 11.7. The van der Waals surface area contributed by atoms with Gasteiger partial charge in [0.15, 0.2) is 0 Å². The van der Waals surface area contributed by atoms with E-state index in [0.29, 0.717) is 25.3 Å². The van der Waals surface area contributed by atoms with Gasteiger partial charge in [0.25, 0.3) is 0 Å². The van der Waals surface area contributed by atoms with Gasteiger partial charge in [-0.05, 0) is 24.8 Å². The van der Waals surface area contributed by atoms with Crippen molar-refractivity contribution in [3.8, 4) is 0 Å². The topological polar surface area (TPSA) is 58.6 Å². The van der Waals surface area contributed by atoms with Crippen LogP contribution < -0.4 is 5.32 Å². The second-order valence-corrected chi connectivity index (χ2v) is 6.76. The van der Waals surface area contributed by atoms with E-state index in [4.69, 9.17) is 0 Å². The molecule has 5 heteroatoms. The number of methoxy groups -OCH3 is 1. The van der Waals surface area contributed by atoms with Crippen molar-refractivity contribution < 1.29 is 14.3 Å². The van der Waals surface area contributed by atoms with Crippen LogP contribution in [0.4, 0.5) is 4.79 Å². The van der Waals surface area contributed by atoms with Gasteiger partial charge in [-0.1, -0.05) is 43.2 Å². The van der Waals surface area contributed by atoms with Crippen LogP contribution in [-0.4, -0.2) is 37.1 Å². The van der Waals surface area contributed by atoms with E-state index in [2.05, 4.69) is 39.2 Å². The molecule has 1 aliphatic carbocycles. The van der Waals surface area contributed by atoms with Crippen molar-refractivity contribution in [2.75, 3.05) is 20.2 Å². The summed E-state index contributed by atoms with van der Waals surface area (Å²) in [5.74, 6) is 0.787. The zero-order valence-corrected chi connectivity index (χ0v) is 14.3. The molecule has 0 aromatic heterocycles. The number of hydrogen-bond acceptors (Lipinski definition) is 3. The smallest absolute Gasteiger partial charge is 0.406 e. The molecule has 0 bridgehead atoms. The third-order valence-electron chi connectivity index (χ3n) is 5.52. The van der Waals surface area contributed by atoms with Crippen molar-refractivity contribution in [2.45, 2.75) is 44.1 Å². The predicted octanol–water partition coefficient (Wildman–Crippen LogP) is 3.05. The van der Waals surface area contributed by atoms with Crippen LogP contribution in [0.5, 0.6) is 0 Å². The number of fused-ring (bicyclic) bond motifs is 1. The molecule has 2 aliphatic rings. The van der Waals surface area contributed by atoms with Gasteiger partial charge < -0.3 is 15.0 Å². The summed E-state index contributed by atoms with van der Waals surface area (Å²) in [6.07, 6.45) is 5.38. The van der Waals surface area contributed by atoms with Crippen LogP contribution in [0.2, 0.25) is 0 Å². The molecule has 1 heterocycles. The van der Waals surface area contributed by atoms with Gasteiger partial charge in [-0.15, -0.1) is 0 Å². The zero-order chi connectivity index (χ0) is 17.0. The second-order valence-electron chi connectivity index (χ2n) is 6.76. The number of likely N-dealkylation sites (tertiary alicyclic amines) is 1. The molecule has 1 aliphatic heterocycles. The number of ether oxygens (including phenoxy) is 1. The van der Waals surface area contributed by atoms with Crippen LogP contribution in [-0.2, 0) is 15.1 Å². The zero-order valence-electron chi connectivity index (χ0n) is 14.3. The third-order valence-corrected chi connectivity index (χ3v) is 5.52. The Bertz CT molecular complexity index is 590. The highest BCUT2D eigenvalue weighted by molar-refractivity contribution is 5.79. The van der Waals surface area contributed by atoms with Gasteiger partial charge in [-0.3, -0.25) is 4.79 Å². The number of amides is 2. The fourth-order valence-electron chi connectivity index (χ4n) is 4.32. The van der Waals surface area contributed by atoms with Crippen LogP contribution in [0.15, 0.2) is 30.3 Å². The third kappa shape index (κ3) is 2.99. The number of nitrogens with one attached hydrogen (secondary N) is 1. The quantitative estimate of drug-likeness (QED) is 0.844. The molecule has 3 rings (SSSR count). The van der Waals surface area contributed by atoms with Gasteiger partial charge >= 0.3 is 6.09 Å². The molecule has 24 heavy (non-hydrogen) atoms. The average molecular weight is 330 g/mol. The SMILES string of the molecule is COC(=O)NCCCC(=O)N1C[C@@H]2CCCC[C@@]21c1ccccc1.